The van der Waals surface area contributed by atoms with Crippen molar-refractivity contribution in [2.24, 2.45) is 17.9 Å². The average molecular weight is 464 g/mol. The quantitative estimate of drug-likeness (QED) is 0.655. The number of aromatic hydroxyl groups is 1. The lowest BCUT2D eigenvalue weighted by atomic mass is 9.43. The Morgan fingerprint density at radius 1 is 0.971 bits per heavy atom. The zero-order valence-electron chi connectivity index (χ0n) is 20.3. The lowest BCUT2D eigenvalue weighted by Gasteiger charge is -2.58. The van der Waals surface area contributed by atoms with Gasteiger partial charge in [0.15, 0.2) is 11.6 Å². The Morgan fingerprint density at radius 3 is 2.26 bits per heavy atom. The summed E-state index contributed by atoms with van der Waals surface area (Å²) < 4.78 is 3.95. The molecule has 8 heteroatoms. The Labute approximate surface area is 196 Å². The summed E-state index contributed by atoms with van der Waals surface area (Å²) in [5.74, 6) is -0.542. The van der Waals surface area contributed by atoms with Gasteiger partial charge in [0.05, 0.1) is 18.0 Å². The molecule has 1 saturated carbocycles. The number of benzene rings is 1. The van der Waals surface area contributed by atoms with Crippen LogP contribution < -0.4 is 11.4 Å². The number of phenolic OH excluding ortho intramolecular Hbond substituents is 1. The highest BCUT2D eigenvalue weighted by Gasteiger charge is 2.66. The van der Waals surface area contributed by atoms with Gasteiger partial charge in [-0.3, -0.25) is 9.59 Å². The average Bonchev–Trinajstić information content (AvgIpc) is 3.03. The van der Waals surface area contributed by atoms with Crippen molar-refractivity contribution in [1.82, 2.24) is 13.9 Å². The maximum atomic E-state index is 14.0. The van der Waals surface area contributed by atoms with Crippen molar-refractivity contribution < 1.29 is 14.7 Å². The highest BCUT2D eigenvalue weighted by atomic mass is 16.3. The van der Waals surface area contributed by atoms with Crippen LogP contribution in [0.25, 0.3) is 0 Å². The SMILES string of the molecule is CC1=C(C)C(=O)C2(C)C(c3ccc(O)c(C)c3)C3=CCn4c(=O)n(C)c(=O)n4C3CC2(C)C1=O. The number of hydrogen-bond donors (Lipinski definition) is 1. The molecule has 0 amide bonds. The highest BCUT2D eigenvalue weighted by Crippen LogP contribution is 2.66. The lowest BCUT2D eigenvalue weighted by Crippen LogP contribution is -2.61. The van der Waals surface area contributed by atoms with Crippen LogP contribution >= 0.6 is 0 Å². The van der Waals surface area contributed by atoms with Crippen LogP contribution in [0.5, 0.6) is 5.75 Å². The van der Waals surface area contributed by atoms with Gasteiger partial charge in [-0.05, 0) is 61.1 Å². The molecule has 8 nitrogen and oxygen atoms in total. The second-order valence-electron chi connectivity index (χ2n) is 10.4. The number of carbonyl (C=O) groups is 2. The minimum atomic E-state index is -1.10. The van der Waals surface area contributed by atoms with Crippen LogP contribution in [0.15, 0.2) is 50.6 Å². The van der Waals surface area contributed by atoms with Crippen LogP contribution in [0.2, 0.25) is 0 Å². The fourth-order valence-corrected chi connectivity index (χ4v) is 6.54. The molecule has 1 aromatic carbocycles. The molecule has 1 N–H and O–H groups in total. The van der Waals surface area contributed by atoms with Gasteiger partial charge in [0.1, 0.15) is 5.75 Å². The number of nitrogens with zero attached hydrogens (tertiary/aromatic N) is 3. The topological polar surface area (TPSA) is 103 Å². The minimum Gasteiger partial charge on any atom is -0.508 e. The minimum absolute atomic E-state index is 0.0782. The normalized spacial score (nSPS) is 30.6. The molecule has 178 valence electrons. The van der Waals surface area contributed by atoms with Crippen molar-refractivity contribution in [2.45, 2.75) is 59.5 Å². The van der Waals surface area contributed by atoms with E-state index in [0.717, 1.165) is 15.7 Å². The number of carbonyl (C=O) groups excluding carboxylic acids is 2. The van der Waals surface area contributed by atoms with E-state index >= 15 is 0 Å². The Morgan fingerprint density at radius 2 is 1.62 bits per heavy atom. The molecular weight excluding hydrogens is 434 g/mol. The summed E-state index contributed by atoms with van der Waals surface area (Å²) >= 11 is 0. The molecule has 0 radical (unpaired) electrons. The summed E-state index contributed by atoms with van der Waals surface area (Å²) in [6.07, 6.45) is 2.17. The molecule has 2 aromatic rings. The molecule has 0 saturated heterocycles. The first-order valence-corrected chi connectivity index (χ1v) is 11.5. The third-order valence-electron chi connectivity index (χ3n) is 8.86. The Balaban J connectivity index is 1.86. The molecule has 2 aliphatic carbocycles. The fourth-order valence-electron chi connectivity index (χ4n) is 6.54. The van der Waals surface area contributed by atoms with Gasteiger partial charge < -0.3 is 5.11 Å². The first-order chi connectivity index (χ1) is 15.9. The van der Waals surface area contributed by atoms with E-state index in [1.54, 1.807) is 32.9 Å². The molecule has 5 rings (SSSR count). The van der Waals surface area contributed by atoms with Gasteiger partial charge in [-0.15, -0.1) is 0 Å². The number of allylic oxidation sites excluding steroid dienone is 4. The first-order valence-electron chi connectivity index (χ1n) is 11.5. The Bertz CT molecular complexity index is 1480. The van der Waals surface area contributed by atoms with Crippen LogP contribution in [-0.2, 0) is 23.2 Å². The van der Waals surface area contributed by atoms with Crippen molar-refractivity contribution >= 4 is 11.6 Å². The van der Waals surface area contributed by atoms with Gasteiger partial charge in [0.2, 0.25) is 0 Å². The smallest absolute Gasteiger partial charge is 0.347 e. The van der Waals surface area contributed by atoms with E-state index in [0.29, 0.717) is 16.7 Å². The summed E-state index contributed by atoms with van der Waals surface area (Å²) in [5.41, 5.74) is 0.189. The predicted molar refractivity (Wildman–Crippen MR) is 126 cm³/mol. The van der Waals surface area contributed by atoms with E-state index < -0.39 is 34.2 Å². The number of phenols is 1. The fraction of sp³-hybridized carbons (Fsp3) is 0.462. The zero-order chi connectivity index (χ0) is 24.9. The van der Waals surface area contributed by atoms with Gasteiger partial charge in [0.25, 0.3) is 0 Å². The number of Topliss-reactive ketones (excluding diaryl/α,β-unsaturated/α-hetero) is 2. The van der Waals surface area contributed by atoms with Gasteiger partial charge in [-0.25, -0.2) is 23.5 Å². The van der Waals surface area contributed by atoms with E-state index in [9.17, 15) is 24.3 Å². The van der Waals surface area contributed by atoms with Crippen molar-refractivity contribution in [3.8, 4) is 5.75 Å². The molecule has 34 heavy (non-hydrogen) atoms. The van der Waals surface area contributed by atoms with Crippen molar-refractivity contribution in [3.63, 3.8) is 0 Å². The maximum absolute atomic E-state index is 14.0. The van der Waals surface area contributed by atoms with E-state index in [1.807, 2.05) is 26.0 Å². The monoisotopic (exact) mass is 463 g/mol. The molecule has 2 heterocycles. The van der Waals surface area contributed by atoms with Crippen LogP contribution in [0.4, 0.5) is 0 Å². The van der Waals surface area contributed by atoms with Crippen molar-refractivity contribution in [3.05, 3.63) is 73.1 Å². The second kappa shape index (κ2) is 6.81. The zero-order valence-corrected chi connectivity index (χ0v) is 20.3. The number of aromatic nitrogens is 3. The second-order valence-corrected chi connectivity index (χ2v) is 10.4. The molecule has 0 spiro atoms. The number of hydrogen-bond acceptors (Lipinski definition) is 5. The molecule has 1 aliphatic heterocycles. The molecule has 1 fully saturated rings. The predicted octanol–water partition coefficient (Wildman–Crippen LogP) is 2.53. The van der Waals surface area contributed by atoms with Gasteiger partial charge >= 0.3 is 11.4 Å². The van der Waals surface area contributed by atoms with E-state index in [2.05, 4.69) is 0 Å². The van der Waals surface area contributed by atoms with E-state index in [1.165, 1.54) is 16.4 Å². The Hall–Kier alpha value is -3.42. The molecule has 4 atom stereocenters. The molecule has 1 aromatic heterocycles. The van der Waals surface area contributed by atoms with Gasteiger partial charge in [-0.1, -0.05) is 32.1 Å². The van der Waals surface area contributed by atoms with Crippen LogP contribution in [0.3, 0.4) is 0 Å². The number of fused-ring (bicyclic) bond motifs is 4. The van der Waals surface area contributed by atoms with E-state index in [-0.39, 0.29) is 30.3 Å². The molecule has 4 unspecified atom stereocenters. The lowest BCUT2D eigenvalue weighted by molar-refractivity contribution is -0.151. The number of ketones is 2. The Kier molecular flexibility index (Phi) is 4.48. The third-order valence-corrected chi connectivity index (χ3v) is 8.86. The number of aryl methyl sites for hydroxylation is 1. The summed E-state index contributed by atoms with van der Waals surface area (Å²) in [7, 11) is 1.45. The molecule has 0 bridgehead atoms. The molecule has 3 aliphatic rings. The third kappa shape index (κ3) is 2.43. The summed E-state index contributed by atoms with van der Waals surface area (Å²) in [6.45, 7) is 9.08. The van der Waals surface area contributed by atoms with Crippen LogP contribution in [0, 0.1) is 17.8 Å². The van der Waals surface area contributed by atoms with Crippen LogP contribution in [0.1, 0.15) is 57.2 Å². The first kappa shape index (κ1) is 22.4. The standard InChI is InChI=1S/C26H29N3O5/c1-13-11-16(7-8-19(13)30)20-17-9-10-28-23(33)27(6)24(34)29(28)18(17)12-25(4)21(31)14(2)15(3)22(32)26(20,25)5/h7-9,11,18,20,30H,10,12H2,1-6H3. The van der Waals surface area contributed by atoms with E-state index in [4.69, 9.17) is 0 Å². The summed E-state index contributed by atoms with van der Waals surface area (Å²) in [5, 5.41) is 10.2. The summed E-state index contributed by atoms with van der Waals surface area (Å²) in [4.78, 5) is 53.7. The summed E-state index contributed by atoms with van der Waals surface area (Å²) in [6, 6.07) is 4.69. The van der Waals surface area contributed by atoms with Gasteiger partial charge in [-0.2, -0.15) is 0 Å². The van der Waals surface area contributed by atoms with Crippen LogP contribution in [-0.4, -0.2) is 30.6 Å². The highest BCUT2D eigenvalue weighted by molar-refractivity contribution is 6.17. The maximum Gasteiger partial charge on any atom is 0.347 e. The van der Waals surface area contributed by atoms with Gasteiger partial charge in [0, 0.05) is 18.4 Å². The largest absolute Gasteiger partial charge is 0.508 e. The van der Waals surface area contributed by atoms with Crippen molar-refractivity contribution in [2.75, 3.05) is 0 Å². The molecular formula is C26H29N3O5. The number of rotatable bonds is 1. The van der Waals surface area contributed by atoms with Crippen molar-refractivity contribution in [1.29, 1.82) is 0 Å².